The first-order valence-electron chi connectivity index (χ1n) is 7.38. The van der Waals surface area contributed by atoms with Crippen molar-refractivity contribution < 1.29 is 13.2 Å². The number of hydrogen-bond acceptors (Lipinski definition) is 4. The Morgan fingerprint density at radius 2 is 2.00 bits per heavy atom. The van der Waals surface area contributed by atoms with E-state index in [-0.39, 0.29) is 6.54 Å². The van der Waals surface area contributed by atoms with Gasteiger partial charge >= 0.3 is 6.18 Å². The molecule has 2 nitrogen and oxygen atoms in total. The van der Waals surface area contributed by atoms with E-state index < -0.39 is 11.9 Å². The van der Waals surface area contributed by atoms with Gasteiger partial charge in [-0.15, -0.1) is 11.3 Å². The van der Waals surface area contributed by atoms with Crippen molar-refractivity contribution in [3.8, 4) is 0 Å². The number of rotatable bonds is 6. The number of aromatic nitrogens is 1. The second-order valence-electron chi connectivity index (χ2n) is 5.23. The minimum Gasteiger partial charge on any atom is -0.312 e. The summed E-state index contributed by atoms with van der Waals surface area (Å²) in [4.78, 5) is 4.16. The monoisotopic (exact) mass is 338 g/mol. The van der Waals surface area contributed by atoms with Gasteiger partial charge in [0.15, 0.2) is 5.69 Å². The van der Waals surface area contributed by atoms with Crippen molar-refractivity contribution in [2.45, 2.75) is 62.8 Å². The lowest BCUT2D eigenvalue weighted by Gasteiger charge is -2.20. The molecule has 0 spiro atoms. The second kappa shape index (κ2) is 7.83. The van der Waals surface area contributed by atoms with Crippen molar-refractivity contribution in [1.29, 1.82) is 0 Å². The number of nitrogens with zero attached hydrogens (tertiary/aromatic N) is 1. The molecule has 0 saturated heterocycles. The van der Waals surface area contributed by atoms with Crippen LogP contribution in [0.3, 0.4) is 0 Å². The minimum atomic E-state index is -4.35. The molecule has 0 unspecified atom stereocenters. The maximum absolute atomic E-state index is 13.0. The van der Waals surface area contributed by atoms with Gasteiger partial charge in [0.05, 0.1) is 4.88 Å². The SMILES string of the molecule is CCNCc1sc(CSC2CCCCC2)nc1C(F)(F)F. The highest BCUT2D eigenvalue weighted by atomic mass is 32.2. The van der Waals surface area contributed by atoms with Crippen LogP contribution in [0.25, 0.3) is 0 Å². The van der Waals surface area contributed by atoms with Crippen LogP contribution in [0.4, 0.5) is 13.2 Å². The van der Waals surface area contributed by atoms with Crippen LogP contribution < -0.4 is 5.32 Å². The lowest BCUT2D eigenvalue weighted by molar-refractivity contribution is -0.141. The highest BCUT2D eigenvalue weighted by molar-refractivity contribution is 7.99. The number of thiazole rings is 1. The summed E-state index contributed by atoms with van der Waals surface area (Å²) in [6, 6.07) is 0. The molecule has 1 aromatic rings. The normalized spacial score (nSPS) is 17.3. The summed E-state index contributed by atoms with van der Waals surface area (Å²) in [5, 5.41) is 4.15. The van der Waals surface area contributed by atoms with Crippen molar-refractivity contribution in [1.82, 2.24) is 10.3 Å². The molecule has 1 aromatic heterocycles. The van der Waals surface area contributed by atoms with Crippen LogP contribution in [-0.2, 0) is 18.5 Å². The van der Waals surface area contributed by atoms with Gasteiger partial charge < -0.3 is 5.32 Å². The predicted octanol–water partition coefficient (Wildman–Crippen LogP) is 4.84. The number of hydrogen-bond donors (Lipinski definition) is 1. The summed E-state index contributed by atoms with van der Waals surface area (Å²) in [7, 11) is 0. The standard InChI is InChI=1S/C14H21F3N2S2/c1-2-18-8-11-13(14(15,16)17)19-12(21-11)9-20-10-6-4-3-5-7-10/h10,18H,2-9H2,1H3. The van der Waals surface area contributed by atoms with Crippen molar-refractivity contribution in [3.05, 3.63) is 15.6 Å². The van der Waals surface area contributed by atoms with E-state index in [4.69, 9.17) is 0 Å². The van der Waals surface area contributed by atoms with Gasteiger partial charge in [0, 0.05) is 17.5 Å². The van der Waals surface area contributed by atoms with E-state index in [0.29, 0.717) is 27.4 Å². The Morgan fingerprint density at radius 1 is 1.29 bits per heavy atom. The minimum absolute atomic E-state index is 0.247. The summed E-state index contributed by atoms with van der Waals surface area (Å²) in [6.45, 7) is 2.78. The van der Waals surface area contributed by atoms with E-state index >= 15 is 0 Å². The molecule has 1 aliphatic carbocycles. The summed E-state index contributed by atoms with van der Waals surface area (Å²) in [5.41, 5.74) is -0.701. The van der Waals surface area contributed by atoms with Crippen molar-refractivity contribution in [2.75, 3.05) is 6.54 Å². The van der Waals surface area contributed by atoms with Crippen LogP contribution in [0, 0.1) is 0 Å². The Hall–Kier alpha value is -0.270. The average Bonchev–Trinajstić information content (AvgIpc) is 2.87. The Bertz CT molecular complexity index is 440. The van der Waals surface area contributed by atoms with Gasteiger partial charge in [0.2, 0.25) is 0 Å². The smallest absolute Gasteiger partial charge is 0.312 e. The van der Waals surface area contributed by atoms with Gasteiger partial charge in [-0.05, 0) is 19.4 Å². The molecule has 0 atom stereocenters. The van der Waals surface area contributed by atoms with Crippen LogP contribution in [-0.4, -0.2) is 16.8 Å². The second-order valence-corrected chi connectivity index (χ2v) is 7.69. The Balaban J connectivity index is 2.00. The van der Waals surface area contributed by atoms with Gasteiger partial charge in [0.25, 0.3) is 0 Å². The maximum atomic E-state index is 13.0. The average molecular weight is 338 g/mol. The third-order valence-corrected chi connectivity index (χ3v) is 6.16. The zero-order valence-electron chi connectivity index (χ0n) is 12.1. The number of halogens is 3. The molecular weight excluding hydrogens is 317 g/mol. The van der Waals surface area contributed by atoms with Crippen LogP contribution in [0.5, 0.6) is 0 Å². The van der Waals surface area contributed by atoms with E-state index in [2.05, 4.69) is 10.3 Å². The molecule has 7 heteroatoms. The fraction of sp³-hybridized carbons (Fsp3) is 0.786. The lowest BCUT2D eigenvalue weighted by atomic mass is 10.0. The van der Waals surface area contributed by atoms with E-state index in [1.54, 1.807) is 11.8 Å². The molecule has 21 heavy (non-hydrogen) atoms. The van der Waals surface area contributed by atoms with E-state index in [0.717, 1.165) is 0 Å². The molecule has 2 rings (SSSR count). The molecule has 1 saturated carbocycles. The quantitative estimate of drug-likeness (QED) is 0.803. The lowest BCUT2D eigenvalue weighted by Crippen LogP contribution is -2.15. The third kappa shape index (κ3) is 5.14. The number of nitrogens with one attached hydrogen (secondary N) is 1. The molecule has 120 valence electrons. The molecule has 0 amide bonds. The summed E-state index contributed by atoms with van der Waals surface area (Å²) in [6.07, 6.45) is 1.80. The molecule has 0 aromatic carbocycles. The van der Waals surface area contributed by atoms with E-state index in [9.17, 15) is 13.2 Å². The van der Waals surface area contributed by atoms with Crippen molar-refractivity contribution in [3.63, 3.8) is 0 Å². The van der Waals surface area contributed by atoms with Crippen LogP contribution >= 0.6 is 23.1 Å². The first-order valence-corrected chi connectivity index (χ1v) is 9.25. The van der Waals surface area contributed by atoms with Crippen molar-refractivity contribution >= 4 is 23.1 Å². The maximum Gasteiger partial charge on any atom is 0.434 e. The molecule has 1 N–H and O–H groups in total. The fourth-order valence-electron chi connectivity index (χ4n) is 2.46. The van der Waals surface area contributed by atoms with Crippen LogP contribution in [0.1, 0.15) is 54.6 Å². The molecule has 0 bridgehead atoms. The molecule has 1 aliphatic rings. The molecule has 0 radical (unpaired) electrons. The summed E-state index contributed by atoms with van der Waals surface area (Å²) < 4.78 is 39.0. The van der Waals surface area contributed by atoms with Gasteiger partial charge in [0.1, 0.15) is 5.01 Å². The Kier molecular flexibility index (Phi) is 6.37. The molecule has 1 fully saturated rings. The Labute approximate surface area is 131 Å². The number of alkyl halides is 3. The first-order chi connectivity index (χ1) is 10.0. The first kappa shape index (κ1) is 17.1. The zero-order valence-corrected chi connectivity index (χ0v) is 13.8. The largest absolute Gasteiger partial charge is 0.434 e. The Morgan fingerprint density at radius 3 is 2.62 bits per heavy atom. The van der Waals surface area contributed by atoms with Gasteiger partial charge in [-0.2, -0.15) is 24.9 Å². The predicted molar refractivity (Wildman–Crippen MR) is 82.7 cm³/mol. The highest BCUT2D eigenvalue weighted by Gasteiger charge is 2.37. The fourth-order valence-corrected chi connectivity index (χ4v) is 4.87. The third-order valence-electron chi connectivity index (χ3n) is 3.54. The summed E-state index contributed by atoms with van der Waals surface area (Å²) >= 11 is 2.97. The van der Waals surface area contributed by atoms with E-state index in [1.807, 2.05) is 6.92 Å². The van der Waals surface area contributed by atoms with Gasteiger partial charge in [-0.1, -0.05) is 26.2 Å². The zero-order chi connectivity index (χ0) is 15.3. The van der Waals surface area contributed by atoms with Gasteiger partial charge in [-0.3, -0.25) is 0 Å². The van der Waals surface area contributed by atoms with Crippen molar-refractivity contribution in [2.24, 2.45) is 0 Å². The van der Waals surface area contributed by atoms with Crippen LogP contribution in [0.15, 0.2) is 0 Å². The molecular formula is C14H21F3N2S2. The van der Waals surface area contributed by atoms with Crippen LogP contribution in [0.2, 0.25) is 0 Å². The van der Waals surface area contributed by atoms with E-state index in [1.165, 1.54) is 43.4 Å². The highest BCUT2D eigenvalue weighted by Crippen LogP contribution is 2.37. The topological polar surface area (TPSA) is 24.9 Å². The number of thioether (sulfide) groups is 1. The molecule has 0 aliphatic heterocycles. The van der Waals surface area contributed by atoms with Gasteiger partial charge in [-0.25, -0.2) is 4.98 Å². The molecule has 1 heterocycles. The summed E-state index contributed by atoms with van der Waals surface area (Å²) in [5.74, 6) is 0.602.